The van der Waals surface area contributed by atoms with Crippen LogP contribution in [0.25, 0.3) is 0 Å². The highest BCUT2D eigenvalue weighted by molar-refractivity contribution is 8.00. The number of hydrogen-bond donors (Lipinski definition) is 2. The molecular formula is C14H21N3S. The van der Waals surface area contributed by atoms with E-state index in [0.29, 0.717) is 4.75 Å². The third-order valence-electron chi connectivity index (χ3n) is 3.15. The topological polar surface area (TPSA) is 53.1 Å². The normalized spacial score (nSPS) is 19.7. The predicted octanol–water partition coefficient (Wildman–Crippen LogP) is 2.30. The van der Waals surface area contributed by atoms with E-state index in [4.69, 9.17) is 11.1 Å². The molecule has 0 bridgehead atoms. The Labute approximate surface area is 113 Å². The molecule has 98 valence electrons. The number of nitrogens with zero attached hydrogens (tertiary/aromatic N) is 1. The molecule has 1 aliphatic heterocycles. The lowest BCUT2D eigenvalue weighted by Gasteiger charge is -2.37. The van der Waals surface area contributed by atoms with Crippen molar-refractivity contribution < 1.29 is 0 Å². The molecule has 1 aromatic rings. The van der Waals surface area contributed by atoms with Crippen molar-refractivity contribution >= 4 is 17.6 Å². The minimum absolute atomic E-state index is 0.145. The fraction of sp³-hybridized carbons (Fsp3) is 0.500. The number of nitrogens with two attached hydrogens (primary N) is 1. The van der Waals surface area contributed by atoms with Gasteiger partial charge in [0.1, 0.15) is 5.84 Å². The summed E-state index contributed by atoms with van der Waals surface area (Å²) in [6.45, 7) is 7.80. The molecule has 18 heavy (non-hydrogen) atoms. The second-order valence-electron chi connectivity index (χ2n) is 5.43. The Kier molecular flexibility index (Phi) is 3.97. The molecule has 1 saturated heterocycles. The molecule has 0 spiro atoms. The standard InChI is InChI=1S/C14H21N3S/c1-14(2)10-17(6-7-18-14)9-11-4-3-5-12(8-11)13(15)16/h3-5,8H,6-7,9-10H2,1-2H3,(H3,15,16). The second-order valence-corrected chi connectivity index (χ2v) is 7.23. The van der Waals surface area contributed by atoms with Gasteiger partial charge in [-0.3, -0.25) is 10.3 Å². The highest BCUT2D eigenvalue weighted by Crippen LogP contribution is 2.30. The van der Waals surface area contributed by atoms with Crippen molar-refractivity contribution in [1.29, 1.82) is 5.41 Å². The Morgan fingerprint density at radius 2 is 2.28 bits per heavy atom. The van der Waals surface area contributed by atoms with E-state index >= 15 is 0 Å². The Bertz CT molecular complexity index is 442. The molecule has 0 amide bonds. The molecule has 1 heterocycles. The molecule has 0 aromatic heterocycles. The SMILES string of the molecule is CC1(C)CN(Cc2cccc(C(=N)N)c2)CCS1. The summed E-state index contributed by atoms with van der Waals surface area (Å²) in [6.07, 6.45) is 0. The van der Waals surface area contributed by atoms with E-state index in [2.05, 4.69) is 24.8 Å². The van der Waals surface area contributed by atoms with Crippen molar-refractivity contribution in [3.63, 3.8) is 0 Å². The van der Waals surface area contributed by atoms with Gasteiger partial charge in [-0.05, 0) is 25.5 Å². The maximum absolute atomic E-state index is 7.48. The van der Waals surface area contributed by atoms with Gasteiger partial charge in [-0.1, -0.05) is 18.2 Å². The maximum atomic E-state index is 7.48. The second kappa shape index (κ2) is 5.33. The summed E-state index contributed by atoms with van der Waals surface area (Å²) in [5, 5.41) is 7.48. The van der Waals surface area contributed by atoms with Gasteiger partial charge in [0.15, 0.2) is 0 Å². The average Bonchev–Trinajstić information content (AvgIpc) is 2.28. The number of amidine groups is 1. The van der Waals surface area contributed by atoms with Crippen LogP contribution in [0.5, 0.6) is 0 Å². The van der Waals surface area contributed by atoms with E-state index < -0.39 is 0 Å². The van der Waals surface area contributed by atoms with E-state index in [1.54, 1.807) is 0 Å². The summed E-state index contributed by atoms with van der Waals surface area (Å²) in [4.78, 5) is 2.48. The van der Waals surface area contributed by atoms with Crippen LogP contribution in [-0.4, -0.2) is 34.3 Å². The van der Waals surface area contributed by atoms with Crippen LogP contribution in [0.3, 0.4) is 0 Å². The minimum atomic E-state index is 0.145. The maximum Gasteiger partial charge on any atom is 0.122 e. The van der Waals surface area contributed by atoms with Crippen LogP contribution in [0.15, 0.2) is 24.3 Å². The van der Waals surface area contributed by atoms with Gasteiger partial charge < -0.3 is 5.73 Å². The summed E-state index contributed by atoms with van der Waals surface area (Å²) in [5.74, 6) is 1.34. The van der Waals surface area contributed by atoms with Crippen molar-refractivity contribution in [1.82, 2.24) is 4.90 Å². The number of hydrogen-bond acceptors (Lipinski definition) is 3. The van der Waals surface area contributed by atoms with Crippen molar-refractivity contribution in [3.05, 3.63) is 35.4 Å². The van der Waals surface area contributed by atoms with E-state index in [1.807, 2.05) is 30.0 Å². The molecule has 3 N–H and O–H groups in total. The van der Waals surface area contributed by atoms with Crippen molar-refractivity contribution in [3.8, 4) is 0 Å². The molecule has 1 fully saturated rings. The molecule has 0 saturated carbocycles. The van der Waals surface area contributed by atoms with Crippen LogP contribution in [0, 0.1) is 5.41 Å². The third kappa shape index (κ3) is 3.50. The monoisotopic (exact) mass is 263 g/mol. The fourth-order valence-corrected chi connectivity index (χ4v) is 3.52. The Hall–Kier alpha value is -1.00. The van der Waals surface area contributed by atoms with Gasteiger partial charge in [0.05, 0.1) is 0 Å². The molecule has 3 nitrogen and oxygen atoms in total. The van der Waals surface area contributed by atoms with Gasteiger partial charge in [0, 0.05) is 35.7 Å². The first-order valence-corrected chi connectivity index (χ1v) is 7.24. The summed E-state index contributed by atoms with van der Waals surface area (Å²) < 4.78 is 0.344. The number of nitrogen functional groups attached to an aromatic ring is 1. The van der Waals surface area contributed by atoms with Crippen molar-refractivity contribution in [2.75, 3.05) is 18.8 Å². The van der Waals surface area contributed by atoms with Gasteiger partial charge in [0.25, 0.3) is 0 Å². The van der Waals surface area contributed by atoms with Crippen LogP contribution >= 0.6 is 11.8 Å². The molecule has 0 unspecified atom stereocenters. The zero-order valence-electron chi connectivity index (χ0n) is 11.1. The number of nitrogens with one attached hydrogen (secondary N) is 1. The molecule has 0 aliphatic carbocycles. The average molecular weight is 263 g/mol. The van der Waals surface area contributed by atoms with Crippen LogP contribution in [0.2, 0.25) is 0 Å². The van der Waals surface area contributed by atoms with E-state index in [9.17, 15) is 0 Å². The molecular weight excluding hydrogens is 242 g/mol. The minimum Gasteiger partial charge on any atom is -0.384 e. The first-order chi connectivity index (χ1) is 8.46. The number of thioether (sulfide) groups is 1. The molecule has 2 rings (SSSR count). The highest BCUT2D eigenvalue weighted by atomic mass is 32.2. The van der Waals surface area contributed by atoms with Crippen LogP contribution < -0.4 is 5.73 Å². The van der Waals surface area contributed by atoms with Gasteiger partial charge >= 0.3 is 0 Å². The van der Waals surface area contributed by atoms with Gasteiger partial charge in [-0.15, -0.1) is 0 Å². The number of rotatable bonds is 3. The Morgan fingerprint density at radius 3 is 2.94 bits per heavy atom. The van der Waals surface area contributed by atoms with Crippen LogP contribution in [-0.2, 0) is 6.54 Å². The van der Waals surface area contributed by atoms with E-state index in [0.717, 1.165) is 25.2 Å². The lowest BCUT2D eigenvalue weighted by molar-refractivity contribution is 0.252. The summed E-state index contributed by atoms with van der Waals surface area (Å²) in [5.41, 5.74) is 7.58. The Morgan fingerprint density at radius 1 is 1.50 bits per heavy atom. The van der Waals surface area contributed by atoms with E-state index in [-0.39, 0.29) is 5.84 Å². The lowest BCUT2D eigenvalue weighted by atomic mass is 10.1. The van der Waals surface area contributed by atoms with Crippen molar-refractivity contribution in [2.24, 2.45) is 5.73 Å². The lowest BCUT2D eigenvalue weighted by Crippen LogP contribution is -2.42. The van der Waals surface area contributed by atoms with E-state index in [1.165, 1.54) is 11.3 Å². The third-order valence-corrected chi connectivity index (χ3v) is 4.45. The van der Waals surface area contributed by atoms with Crippen LogP contribution in [0.1, 0.15) is 25.0 Å². The smallest absolute Gasteiger partial charge is 0.122 e. The quantitative estimate of drug-likeness (QED) is 0.650. The summed E-state index contributed by atoms with van der Waals surface area (Å²) in [6, 6.07) is 8.01. The molecule has 4 heteroatoms. The Balaban J connectivity index is 2.05. The van der Waals surface area contributed by atoms with Gasteiger partial charge in [-0.2, -0.15) is 11.8 Å². The highest BCUT2D eigenvalue weighted by Gasteiger charge is 2.26. The molecule has 0 radical (unpaired) electrons. The van der Waals surface area contributed by atoms with Crippen molar-refractivity contribution in [2.45, 2.75) is 25.1 Å². The zero-order valence-corrected chi connectivity index (χ0v) is 11.9. The zero-order chi connectivity index (χ0) is 13.2. The molecule has 0 atom stereocenters. The first-order valence-electron chi connectivity index (χ1n) is 6.26. The first kappa shape index (κ1) is 13.4. The summed E-state index contributed by atoms with van der Waals surface area (Å²) >= 11 is 2.05. The van der Waals surface area contributed by atoms with Gasteiger partial charge in [0.2, 0.25) is 0 Å². The summed E-state index contributed by atoms with van der Waals surface area (Å²) in [7, 11) is 0. The van der Waals surface area contributed by atoms with Gasteiger partial charge in [-0.25, -0.2) is 0 Å². The predicted molar refractivity (Wildman–Crippen MR) is 79.3 cm³/mol. The fourth-order valence-electron chi connectivity index (χ4n) is 2.34. The molecule has 1 aliphatic rings. The van der Waals surface area contributed by atoms with Crippen LogP contribution in [0.4, 0.5) is 0 Å². The molecule has 1 aromatic carbocycles. The largest absolute Gasteiger partial charge is 0.384 e. The number of benzene rings is 1.